The molecule has 1 amide bonds. The van der Waals surface area contributed by atoms with E-state index < -0.39 is 17.8 Å². The number of hydrogen-bond donors (Lipinski definition) is 1. The third kappa shape index (κ3) is 3.71. The fraction of sp³-hybridized carbons (Fsp3) is 0.769. The smallest absolute Gasteiger partial charge is 0.353 e. The summed E-state index contributed by atoms with van der Waals surface area (Å²) in [5.41, 5.74) is -0.516. The zero-order valence-corrected chi connectivity index (χ0v) is 10.9. The minimum absolute atomic E-state index is 0.0216. The predicted octanol–water partition coefficient (Wildman–Crippen LogP) is 2.80. The molecule has 0 aromatic heterocycles. The van der Waals surface area contributed by atoms with Crippen LogP contribution in [0.15, 0.2) is 10.2 Å². The van der Waals surface area contributed by atoms with E-state index in [-0.39, 0.29) is 31.2 Å². The second-order valence-electron chi connectivity index (χ2n) is 5.36. The summed E-state index contributed by atoms with van der Waals surface area (Å²) in [4.78, 5) is 11.6. The zero-order valence-electron chi connectivity index (χ0n) is 10.9. The lowest BCUT2D eigenvalue weighted by atomic mass is 9.79. The maximum atomic E-state index is 12.3. The molecule has 0 aromatic rings. The molecule has 2 aliphatic rings. The van der Waals surface area contributed by atoms with E-state index in [1.54, 1.807) is 0 Å². The van der Waals surface area contributed by atoms with Crippen LogP contribution in [0.4, 0.5) is 13.2 Å². The molecule has 110 valence electrons. The number of rotatable bonds is 6. The number of carbonyl (C=O) groups is 1. The lowest BCUT2D eigenvalue weighted by Gasteiger charge is -2.36. The molecule has 1 fully saturated rings. The van der Waals surface area contributed by atoms with Gasteiger partial charge in [-0.05, 0) is 12.8 Å². The number of hydrogen-bond acceptors (Lipinski definition) is 3. The third-order valence-electron chi connectivity index (χ3n) is 3.77. The normalized spacial score (nSPS) is 26.5. The van der Waals surface area contributed by atoms with Crippen molar-refractivity contribution in [2.45, 2.75) is 56.4 Å². The first kappa shape index (κ1) is 14.8. The van der Waals surface area contributed by atoms with E-state index in [1.165, 1.54) is 0 Å². The van der Waals surface area contributed by atoms with Gasteiger partial charge in [-0.15, -0.1) is 12.3 Å². The molecule has 1 N–H and O–H groups in total. The van der Waals surface area contributed by atoms with E-state index >= 15 is 0 Å². The fourth-order valence-electron chi connectivity index (χ4n) is 2.28. The molecule has 1 aliphatic heterocycles. The number of alkyl halides is 3. The van der Waals surface area contributed by atoms with E-state index in [9.17, 15) is 18.0 Å². The minimum atomic E-state index is -4.15. The molecular weight excluding hydrogens is 271 g/mol. The minimum Gasteiger partial charge on any atom is -0.353 e. The first-order chi connectivity index (χ1) is 9.35. The summed E-state index contributed by atoms with van der Waals surface area (Å²) in [6, 6.07) is -0.358. The Morgan fingerprint density at radius 1 is 1.35 bits per heavy atom. The average molecular weight is 287 g/mol. The van der Waals surface area contributed by atoms with E-state index in [4.69, 9.17) is 6.42 Å². The van der Waals surface area contributed by atoms with Gasteiger partial charge in [0.25, 0.3) is 0 Å². The predicted molar refractivity (Wildman–Crippen MR) is 65.6 cm³/mol. The standard InChI is InChI=1S/C13H16F3N3O/c1-2-3-5-12(18-19-12)6-4-11(20)17-10-7-9(8-10)13(14,15)16/h1,9-10H,3-8H2,(H,17,20). The number of nitrogens with one attached hydrogen (secondary N) is 1. The van der Waals surface area contributed by atoms with Gasteiger partial charge in [-0.3, -0.25) is 4.79 Å². The largest absolute Gasteiger partial charge is 0.391 e. The SMILES string of the molecule is C#CCCC1(CCC(=O)NC2CC(C(F)(F)F)C2)N=N1. The van der Waals surface area contributed by atoms with Crippen molar-refractivity contribution in [3.63, 3.8) is 0 Å². The maximum absolute atomic E-state index is 12.3. The summed E-state index contributed by atoms with van der Waals surface area (Å²) in [5.74, 6) is 0.976. The summed E-state index contributed by atoms with van der Waals surface area (Å²) in [7, 11) is 0. The Morgan fingerprint density at radius 2 is 2.00 bits per heavy atom. The zero-order chi connectivity index (χ0) is 14.8. The van der Waals surface area contributed by atoms with E-state index in [2.05, 4.69) is 21.5 Å². The lowest BCUT2D eigenvalue weighted by molar-refractivity contribution is -0.199. The van der Waals surface area contributed by atoms with Gasteiger partial charge in [0, 0.05) is 31.7 Å². The van der Waals surface area contributed by atoms with Gasteiger partial charge in [-0.2, -0.15) is 23.4 Å². The first-order valence-corrected chi connectivity index (χ1v) is 6.58. The van der Waals surface area contributed by atoms with Crippen LogP contribution in [-0.4, -0.2) is 23.8 Å². The van der Waals surface area contributed by atoms with Crippen LogP contribution in [0.2, 0.25) is 0 Å². The molecule has 1 heterocycles. The van der Waals surface area contributed by atoms with Crippen molar-refractivity contribution in [2.24, 2.45) is 16.1 Å². The Bertz CT molecular complexity index is 441. The molecule has 0 unspecified atom stereocenters. The van der Waals surface area contributed by atoms with Gasteiger partial charge >= 0.3 is 6.18 Å². The van der Waals surface area contributed by atoms with Crippen molar-refractivity contribution < 1.29 is 18.0 Å². The van der Waals surface area contributed by atoms with Gasteiger partial charge in [0.2, 0.25) is 5.91 Å². The van der Waals surface area contributed by atoms with E-state index in [1.807, 2.05) is 0 Å². The number of amides is 1. The molecular formula is C13H16F3N3O. The maximum Gasteiger partial charge on any atom is 0.391 e. The number of nitrogens with zero attached hydrogens (tertiary/aromatic N) is 2. The topological polar surface area (TPSA) is 53.8 Å². The average Bonchev–Trinajstić information content (AvgIpc) is 3.07. The molecule has 2 rings (SSSR count). The summed E-state index contributed by atoms with van der Waals surface area (Å²) in [6.07, 6.45) is 2.81. The van der Waals surface area contributed by atoms with Crippen molar-refractivity contribution in [1.82, 2.24) is 5.32 Å². The Labute approximate surface area is 115 Å². The second-order valence-corrected chi connectivity index (χ2v) is 5.36. The van der Waals surface area contributed by atoms with Crippen LogP contribution in [0.25, 0.3) is 0 Å². The molecule has 1 aliphatic carbocycles. The molecule has 4 nitrogen and oxygen atoms in total. The Morgan fingerprint density at radius 3 is 2.50 bits per heavy atom. The van der Waals surface area contributed by atoms with Crippen LogP contribution >= 0.6 is 0 Å². The Hall–Kier alpha value is -1.58. The van der Waals surface area contributed by atoms with Crippen LogP contribution in [0.3, 0.4) is 0 Å². The quantitative estimate of drug-likeness (QED) is 0.750. The van der Waals surface area contributed by atoms with Crippen LogP contribution < -0.4 is 5.32 Å². The van der Waals surface area contributed by atoms with Gasteiger partial charge in [0.15, 0.2) is 5.66 Å². The first-order valence-electron chi connectivity index (χ1n) is 6.58. The third-order valence-corrected chi connectivity index (χ3v) is 3.77. The van der Waals surface area contributed by atoms with Gasteiger partial charge in [0.1, 0.15) is 0 Å². The van der Waals surface area contributed by atoms with Crippen molar-refractivity contribution in [3.05, 3.63) is 0 Å². The monoisotopic (exact) mass is 287 g/mol. The van der Waals surface area contributed by atoms with E-state index in [0.717, 1.165) is 0 Å². The van der Waals surface area contributed by atoms with Crippen LogP contribution in [-0.2, 0) is 4.79 Å². The molecule has 0 aromatic carbocycles. The molecule has 0 spiro atoms. The molecule has 7 heteroatoms. The highest BCUT2D eigenvalue weighted by molar-refractivity contribution is 5.76. The summed E-state index contributed by atoms with van der Waals surface area (Å²) >= 11 is 0. The Kier molecular flexibility index (Phi) is 4.02. The van der Waals surface area contributed by atoms with Crippen LogP contribution in [0, 0.1) is 18.3 Å². The fourth-order valence-corrected chi connectivity index (χ4v) is 2.28. The van der Waals surface area contributed by atoms with Crippen molar-refractivity contribution >= 4 is 5.91 Å². The molecule has 0 radical (unpaired) electrons. The summed E-state index contributed by atoms with van der Waals surface area (Å²) in [5, 5.41) is 10.4. The Balaban J connectivity index is 1.62. The number of halogens is 3. The lowest BCUT2D eigenvalue weighted by Crippen LogP contribution is -2.48. The molecule has 0 atom stereocenters. The van der Waals surface area contributed by atoms with Crippen molar-refractivity contribution in [2.75, 3.05) is 0 Å². The molecule has 20 heavy (non-hydrogen) atoms. The van der Waals surface area contributed by atoms with Crippen LogP contribution in [0.1, 0.15) is 38.5 Å². The van der Waals surface area contributed by atoms with Crippen molar-refractivity contribution in [1.29, 1.82) is 0 Å². The van der Waals surface area contributed by atoms with Gasteiger partial charge in [-0.1, -0.05) is 0 Å². The highest BCUT2D eigenvalue weighted by Gasteiger charge is 2.48. The number of carbonyl (C=O) groups excluding carboxylic acids is 1. The number of terminal acetylenes is 1. The molecule has 0 saturated heterocycles. The van der Waals surface area contributed by atoms with Crippen LogP contribution in [0.5, 0.6) is 0 Å². The van der Waals surface area contributed by atoms with Crippen molar-refractivity contribution in [3.8, 4) is 12.3 Å². The molecule has 0 bridgehead atoms. The van der Waals surface area contributed by atoms with E-state index in [0.29, 0.717) is 19.3 Å². The van der Waals surface area contributed by atoms with Gasteiger partial charge < -0.3 is 5.32 Å². The highest BCUT2D eigenvalue weighted by atomic mass is 19.4. The second kappa shape index (κ2) is 5.43. The molecule has 1 saturated carbocycles. The highest BCUT2D eigenvalue weighted by Crippen LogP contribution is 2.41. The van der Waals surface area contributed by atoms with Gasteiger partial charge in [-0.25, -0.2) is 0 Å². The van der Waals surface area contributed by atoms with Gasteiger partial charge in [0.05, 0.1) is 5.92 Å². The summed E-state index contributed by atoms with van der Waals surface area (Å²) in [6.45, 7) is 0. The summed E-state index contributed by atoms with van der Waals surface area (Å²) < 4.78 is 36.9.